The van der Waals surface area contributed by atoms with Crippen molar-refractivity contribution in [3.63, 3.8) is 0 Å². The maximum Gasteiger partial charge on any atom is 0.269 e. The van der Waals surface area contributed by atoms with Gasteiger partial charge in [0.25, 0.3) is 5.69 Å². The molecule has 0 spiro atoms. The highest BCUT2D eigenvalue weighted by Gasteiger charge is 2.03. The van der Waals surface area contributed by atoms with E-state index in [1.807, 2.05) is 5.32 Å². The molecule has 0 radical (unpaired) electrons. The van der Waals surface area contributed by atoms with Crippen LogP contribution >= 0.6 is 0 Å². The number of quaternary nitrogens is 1. The van der Waals surface area contributed by atoms with Gasteiger partial charge >= 0.3 is 0 Å². The van der Waals surface area contributed by atoms with Gasteiger partial charge in [-0.3, -0.25) is 10.1 Å². The summed E-state index contributed by atoms with van der Waals surface area (Å²) in [6.07, 6.45) is 0.872. The zero-order valence-corrected chi connectivity index (χ0v) is 9.54. The van der Waals surface area contributed by atoms with Crippen LogP contribution in [0.4, 0.5) is 5.69 Å². The Morgan fingerprint density at radius 1 is 1.29 bits per heavy atom. The summed E-state index contributed by atoms with van der Waals surface area (Å²) in [5.41, 5.74) is 0.0635. The normalized spacial score (nSPS) is 10.2. The van der Waals surface area contributed by atoms with E-state index in [0.717, 1.165) is 13.0 Å². The van der Waals surface area contributed by atoms with E-state index in [1.54, 1.807) is 12.1 Å². The first-order valence-corrected chi connectivity index (χ1v) is 5.54. The molecule has 0 heterocycles. The van der Waals surface area contributed by atoms with E-state index in [0.29, 0.717) is 18.9 Å². The molecule has 0 saturated carbocycles. The summed E-state index contributed by atoms with van der Waals surface area (Å²) in [5, 5.41) is 21.0. The van der Waals surface area contributed by atoms with Gasteiger partial charge in [-0.15, -0.1) is 0 Å². The van der Waals surface area contributed by atoms with Gasteiger partial charge in [-0.25, -0.2) is 0 Å². The molecule has 0 aliphatic heterocycles. The lowest BCUT2D eigenvalue weighted by atomic mass is 10.3. The minimum absolute atomic E-state index is 0.0635. The van der Waals surface area contributed by atoms with Crippen LogP contribution in [0.25, 0.3) is 0 Å². The second-order valence-corrected chi connectivity index (χ2v) is 3.54. The van der Waals surface area contributed by atoms with Crippen molar-refractivity contribution < 1.29 is 20.1 Å². The van der Waals surface area contributed by atoms with Crippen molar-refractivity contribution in [1.29, 1.82) is 0 Å². The predicted octanol–water partition coefficient (Wildman–Crippen LogP) is -0.0806. The van der Waals surface area contributed by atoms with Crippen LogP contribution in [0, 0.1) is 10.1 Å². The number of aliphatic hydroxyl groups excluding tert-OH is 1. The highest BCUT2D eigenvalue weighted by Crippen LogP contribution is 2.17. The number of hydrogen-bond acceptors (Lipinski definition) is 4. The molecule has 0 amide bonds. The van der Waals surface area contributed by atoms with Gasteiger partial charge in [0, 0.05) is 18.6 Å². The summed E-state index contributed by atoms with van der Waals surface area (Å²) in [5.74, 6) is 0.637. The van der Waals surface area contributed by atoms with Crippen molar-refractivity contribution in [2.24, 2.45) is 0 Å². The molecule has 94 valence electrons. The number of hydrogen-bond donors (Lipinski definition) is 2. The van der Waals surface area contributed by atoms with Crippen LogP contribution in [0.2, 0.25) is 0 Å². The van der Waals surface area contributed by atoms with Crippen LogP contribution in [0.1, 0.15) is 6.42 Å². The fraction of sp³-hybridized carbons (Fsp3) is 0.455. The molecule has 1 aromatic carbocycles. The summed E-state index contributed by atoms with van der Waals surface area (Å²) in [4.78, 5) is 9.98. The summed E-state index contributed by atoms with van der Waals surface area (Å²) in [7, 11) is 0. The Kier molecular flexibility index (Phi) is 5.98. The van der Waals surface area contributed by atoms with E-state index in [4.69, 9.17) is 9.84 Å². The first-order valence-electron chi connectivity index (χ1n) is 5.54. The number of nitro groups is 1. The van der Waals surface area contributed by atoms with Crippen molar-refractivity contribution in [2.45, 2.75) is 6.42 Å². The van der Waals surface area contributed by atoms with Crippen molar-refractivity contribution >= 4 is 5.69 Å². The second kappa shape index (κ2) is 7.59. The number of benzene rings is 1. The number of nitro benzene ring substituents is 1. The van der Waals surface area contributed by atoms with Crippen molar-refractivity contribution in [3.8, 4) is 5.75 Å². The average molecular weight is 241 g/mol. The third-order valence-electron chi connectivity index (χ3n) is 2.20. The molecule has 0 saturated heterocycles. The van der Waals surface area contributed by atoms with Gasteiger partial charge in [-0.2, -0.15) is 0 Å². The third kappa shape index (κ3) is 5.28. The molecule has 0 aliphatic carbocycles. The number of ether oxygens (including phenoxy) is 1. The molecule has 0 aromatic heterocycles. The molecule has 17 heavy (non-hydrogen) atoms. The van der Waals surface area contributed by atoms with Gasteiger partial charge in [-0.05, 0) is 12.1 Å². The zero-order valence-electron chi connectivity index (χ0n) is 9.54. The Hall–Kier alpha value is -1.66. The minimum Gasteiger partial charge on any atom is -0.493 e. The molecule has 0 aliphatic rings. The number of nitrogens with zero attached hydrogens (tertiary/aromatic N) is 1. The second-order valence-electron chi connectivity index (χ2n) is 3.54. The maximum absolute atomic E-state index is 10.4. The molecule has 6 nitrogen and oxygen atoms in total. The van der Waals surface area contributed by atoms with E-state index in [9.17, 15) is 10.1 Å². The Morgan fingerprint density at radius 2 is 2.00 bits per heavy atom. The quantitative estimate of drug-likeness (QED) is 0.378. The molecule has 1 rings (SSSR count). The van der Waals surface area contributed by atoms with Crippen LogP contribution in [-0.4, -0.2) is 36.3 Å². The van der Waals surface area contributed by atoms with Crippen molar-refractivity contribution in [3.05, 3.63) is 34.4 Å². The monoisotopic (exact) mass is 241 g/mol. The van der Waals surface area contributed by atoms with E-state index < -0.39 is 4.92 Å². The summed E-state index contributed by atoms with van der Waals surface area (Å²) < 4.78 is 5.42. The molecular formula is C11H17N2O4+. The zero-order chi connectivity index (χ0) is 12.5. The Morgan fingerprint density at radius 3 is 2.59 bits per heavy atom. The van der Waals surface area contributed by atoms with Crippen LogP contribution in [0.5, 0.6) is 5.75 Å². The molecular weight excluding hydrogens is 224 g/mol. The molecule has 0 fully saturated rings. The van der Waals surface area contributed by atoms with Crippen molar-refractivity contribution in [1.82, 2.24) is 0 Å². The van der Waals surface area contributed by atoms with Crippen LogP contribution < -0.4 is 10.1 Å². The number of rotatable bonds is 8. The SMILES string of the molecule is O=[N+]([O-])c1ccc(OCCC[NH2+]CCO)cc1. The Labute approximate surface area is 99.4 Å². The lowest BCUT2D eigenvalue weighted by molar-refractivity contribution is -0.656. The first kappa shape index (κ1) is 13.4. The molecule has 0 bridgehead atoms. The highest BCUT2D eigenvalue weighted by atomic mass is 16.6. The van der Waals surface area contributed by atoms with Gasteiger partial charge in [-0.1, -0.05) is 0 Å². The van der Waals surface area contributed by atoms with Crippen LogP contribution in [0.3, 0.4) is 0 Å². The van der Waals surface area contributed by atoms with Gasteiger partial charge in [0.15, 0.2) is 0 Å². The van der Waals surface area contributed by atoms with E-state index in [-0.39, 0.29) is 12.3 Å². The number of aliphatic hydroxyl groups is 1. The van der Waals surface area contributed by atoms with E-state index >= 15 is 0 Å². The van der Waals surface area contributed by atoms with E-state index in [2.05, 4.69) is 0 Å². The standard InChI is InChI=1S/C11H16N2O4/c14-8-7-12-6-1-9-17-11-4-2-10(3-5-11)13(15)16/h2-5,12,14H,1,6-9H2/p+1. The molecule has 1 aromatic rings. The maximum atomic E-state index is 10.4. The fourth-order valence-corrected chi connectivity index (χ4v) is 1.32. The Bertz CT molecular complexity index is 340. The average Bonchev–Trinajstić information content (AvgIpc) is 2.34. The molecule has 0 atom stereocenters. The summed E-state index contributed by atoms with van der Waals surface area (Å²) in [6, 6.07) is 6.03. The van der Waals surface area contributed by atoms with Gasteiger partial charge in [0.05, 0.1) is 31.2 Å². The first-order chi connectivity index (χ1) is 8.24. The smallest absolute Gasteiger partial charge is 0.269 e. The topological polar surface area (TPSA) is 89.2 Å². The number of non-ortho nitro benzene ring substituents is 1. The summed E-state index contributed by atoms with van der Waals surface area (Å²) >= 11 is 0. The lowest BCUT2D eigenvalue weighted by Gasteiger charge is -2.05. The summed E-state index contributed by atoms with van der Waals surface area (Å²) in [6.45, 7) is 2.36. The minimum atomic E-state index is -0.437. The predicted molar refractivity (Wildman–Crippen MR) is 62.0 cm³/mol. The molecule has 3 N–H and O–H groups in total. The Balaban J connectivity index is 2.21. The molecule has 0 unspecified atom stereocenters. The van der Waals surface area contributed by atoms with Gasteiger partial charge in [0.1, 0.15) is 5.75 Å². The van der Waals surface area contributed by atoms with Crippen molar-refractivity contribution in [2.75, 3.05) is 26.3 Å². The van der Waals surface area contributed by atoms with Gasteiger partial charge < -0.3 is 15.2 Å². The molecule has 6 heteroatoms. The van der Waals surface area contributed by atoms with Crippen LogP contribution in [-0.2, 0) is 0 Å². The highest BCUT2D eigenvalue weighted by molar-refractivity contribution is 5.35. The fourth-order valence-electron chi connectivity index (χ4n) is 1.32. The lowest BCUT2D eigenvalue weighted by Crippen LogP contribution is -2.85. The van der Waals surface area contributed by atoms with E-state index in [1.165, 1.54) is 12.1 Å². The van der Waals surface area contributed by atoms with Crippen LogP contribution in [0.15, 0.2) is 24.3 Å². The third-order valence-corrected chi connectivity index (χ3v) is 2.20. The largest absolute Gasteiger partial charge is 0.493 e. The van der Waals surface area contributed by atoms with Gasteiger partial charge in [0.2, 0.25) is 0 Å². The number of nitrogens with two attached hydrogens (primary N) is 1.